The van der Waals surface area contributed by atoms with Crippen LogP contribution in [0.3, 0.4) is 0 Å². The van der Waals surface area contributed by atoms with Gasteiger partial charge in [-0.15, -0.1) is 0 Å². The van der Waals surface area contributed by atoms with Gasteiger partial charge in [-0.25, -0.2) is 0 Å². The highest BCUT2D eigenvalue weighted by Crippen LogP contribution is 2.40. The number of hydrogen-bond acceptors (Lipinski definition) is 6. The highest BCUT2D eigenvalue weighted by Gasteiger charge is 2.29. The molecule has 0 fully saturated rings. The number of ether oxygens (including phenoxy) is 3. The third-order valence-corrected chi connectivity index (χ3v) is 6.57. The van der Waals surface area contributed by atoms with Gasteiger partial charge in [0, 0.05) is 13.1 Å². The lowest BCUT2D eigenvalue weighted by atomic mass is 9.93. The molecule has 0 aromatic heterocycles. The summed E-state index contributed by atoms with van der Waals surface area (Å²) in [6.45, 7) is 9.89. The maximum atomic E-state index is 13.1. The monoisotopic (exact) mass is 532 g/mol. The Morgan fingerprint density at radius 3 is 2.56 bits per heavy atom. The zero-order valence-corrected chi connectivity index (χ0v) is 24.4. The van der Waals surface area contributed by atoms with Crippen LogP contribution in [0.1, 0.15) is 61.5 Å². The summed E-state index contributed by atoms with van der Waals surface area (Å²) < 4.78 is 17.8. The molecule has 39 heavy (non-hydrogen) atoms. The third-order valence-electron chi connectivity index (χ3n) is 6.57. The van der Waals surface area contributed by atoms with Gasteiger partial charge < -0.3 is 24.4 Å². The summed E-state index contributed by atoms with van der Waals surface area (Å²) in [4.78, 5) is 15.3. The Kier molecular flexibility index (Phi) is 11.4. The van der Waals surface area contributed by atoms with Gasteiger partial charge in [-0.1, -0.05) is 29.9 Å². The van der Waals surface area contributed by atoms with Crippen LogP contribution in [0, 0.1) is 0 Å². The van der Waals surface area contributed by atoms with E-state index in [4.69, 9.17) is 14.2 Å². The number of allylic oxidation sites excluding steroid dienone is 3. The Bertz CT molecular complexity index is 1180. The molecule has 210 valence electrons. The number of carbonyl (C=O) groups excluding carboxylic acids is 1. The van der Waals surface area contributed by atoms with Gasteiger partial charge in [0.2, 0.25) is 0 Å². The lowest BCUT2D eigenvalue weighted by molar-refractivity contribution is 0.104. The number of benzene rings is 2. The molecule has 6 nitrogen and oxygen atoms in total. The minimum atomic E-state index is -0.395. The lowest BCUT2D eigenvalue weighted by Gasteiger charge is -2.32. The van der Waals surface area contributed by atoms with E-state index in [2.05, 4.69) is 57.2 Å². The number of nitrogens with one attached hydrogen (secondary N) is 1. The molecule has 0 radical (unpaired) electrons. The summed E-state index contributed by atoms with van der Waals surface area (Å²) in [5, 5.41) is 3.41. The normalized spacial score (nSPS) is 16.2. The Labute approximate surface area is 234 Å². The molecule has 2 aromatic carbocycles. The average Bonchev–Trinajstić information content (AvgIpc) is 2.90. The first-order chi connectivity index (χ1) is 18.7. The van der Waals surface area contributed by atoms with E-state index in [1.54, 1.807) is 19.3 Å². The second-order valence-electron chi connectivity index (χ2n) is 10.6. The molecule has 0 saturated heterocycles. The van der Waals surface area contributed by atoms with Crippen molar-refractivity contribution in [2.24, 2.45) is 0 Å². The topological polar surface area (TPSA) is 60.0 Å². The number of nitrogens with zero attached hydrogens (tertiary/aromatic N) is 1. The number of fused-ring (bicyclic) bond motifs is 1. The first kappa shape index (κ1) is 30.2. The molecular formula is C33H44N2O4. The van der Waals surface area contributed by atoms with Crippen LogP contribution >= 0.6 is 0 Å². The number of carbonyl (C=O) groups is 1. The van der Waals surface area contributed by atoms with E-state index in [1.807, 2.05) is 42.5 Å². The summed E-state index contributed by atoms with van der Waals surface area (Å²) in [5.41, 5.74) is 3.14. The van der Waals surface area contributed by atoms with Gasteiger partial charge in [0.25, 0.3) is 0 Å². The molecule has 1 unspecified atom stereocenters. The number of rotatable bonds is 15. The summed E-state index contributed by atoms with van der Waals surface area (Å²) in [7, 11) is 5.73. The Hall–Kier alpha value is -3.35. The van der Waals surface area contributed by atoms with Crippen molar-refractivity contribution in [2.75, 3.05) is 47.4 Å². The average molecular weight is 533 g/mol. The van der Waals surface area contributed by atoms with Crippen molar-refractivity contribution < 1.29 is 19.0 Å². The maximum Gasteiger partial charge on any atom is 0.189 e. The van der Waals surface area contributed by atoms with E-state index in [-0.39, 0.29) is 5.78 Å². The molecule has 3 rings (SSSR count). The van der Waals surface area contributed by atoms with Crippen LogP contribution < -0.4 is 19.5 Å². The summed E-state index contributed by atoms with van der Waals surface area (Å²) >= 11 is 0. The molecule has 1 N–H and O–H groups in total. The molecule has 1 aliphatic rings. The van der Waals surface area contributed by atoms with E-state index in [1.165, 1.54) is 5.57 Å². The van der Waals surface area contributed by atoms with E-state index >= 15 is 0 Å². The van der Waals surface area contributed by atoms with Crippen LogP contribution in [0.15, 0.2) is 60.2 Å². The van der Waals surface area contributed by atoms with Crippen LogP contribution in [0.25, 0.3) is 12.2 Å². The number of ketones is 1. The minimum absolute atomic E-state index is 0.123. The van der Waals surface area contributed by atoms with Crippen molar-refractivity contribution >= 4 is 17.9 Å². The predicted octanol–water partition coefficient (Wildman–Crippen LogP) is 6.42. The van der Waals surface area contributed by atoms with Crippen LogP contribution in [0.5, 0.6) is 17.2 Å². The molecule has 0 spiro atoms. The fraction of sp³-hybridized carbons (Fsp3) is 0.424. The molecule has 2 aromatic rings. The van der Waals surface area contributed by atoms with E-state index in [9.17, 15) is 4.79 Å². The molecule has 0 amide bonds. The van der Waals surface area contributed by atoms with Crippen LogP contribution in [0.4, 0.5) is 0 Å². The highest BCUT2D eigenvalue weighted by molar-refractivity contribution is 6.09. The molecule has 1 atom stereocenters. The minimum Gasteiger partial charge on any atom is -0.495 e. The molecule has 0 saturated carbocycles. The van der Waals surface area contributed by atoms with Crippen molar-refractivity contribution in [2.45, 2.75) is 45.6 Å². The number of methoxy groups -OCH3 is 1. The first-order valence-electron chi connectivity index (χ1n) is 13.7. The van der Waals surface area contributed by atoms with Gasteiger partial charge in [-0.3, -0.25) is 4.79 Å². The predicted molar refractivity (Wildman–Crippen MR) is 161 cm³/mol. The molecule has 0 aliphatic carbocycles. The largest absolute Gasteiger partial charge is 0.495 e. The molecule has 1 aliphatic heterocycles. The highest BCUT2D eigenvalue weighted by atomic mass is 16.5. The molecule has 0 bridgehead atoms. The van der Waals surface area contributed by atoms with E-state index in [0.29, 0.717) is 17.9 Å². The quantitative estimate of drug-likeness (QED) is 0.124. The summed E-state index contributed by atoms with van der Waals surface area (Å²) in [6, 6.07) is 11.4. The fourth-order valence-corrected chi connectivity index (χ4v) is 4.32. The van der Waals surface area contributed by atoms with E-state index in [0.717, 1.165) is 61.5 Å². The SMILES string of the molecule is COc1c(C(=O)/C=C/c2ccc(OCCCNCCN(C)C)cc2)ccc2c1C=CC(C)(CCC=C(C)C)O2. The van der Waals surface area contributed by atoms with Gasteiger partial charge in [-0.2, -0.15) is 0 Å². The summed E-state index contributed by atoms with van der Waals surface area (Å²) in [5.74, 6) is 1.96. The Balaban J connectivity index is 1.57. The van der Waals surface area contributed by atoms with Crippen LogP contribution in [-0.4, -0.2) is 63.7 Å². The van der Waals surface area contributed by atoms with E-state index < -0.39 is 5.60 Å². The molecular weight excluding hydrogens is 488 g/mol. The lowest BCUT2D eigenvalue weighted by Crippen LogP contribution is -2.31. The smallest absolute Gasteiger partial charge is 0.189 e. The Morgan fingerprint density at radius 2 is 1.87 bits per heavy atom. The van der Waals surface area contributed by atoms with Crippen molar-refractivity contribution in [1.82, 2.24) is 10.2 Å². The zero-order chi connectivity index (χ0) is 28.3. The van der Waals surface area contributed by atoms with Crippen LogP contribution in [-0.2, 0) is 0 Å². The fourth-order valence-electron chi connectivity index (χ4n) is 4.32. The van der Waals surface area contributed by atoms with Crippen LogP contribution in [0.2, 0.25) is 0 Å². The Morgan fingerprint density at radius 1 is 1.10 bits per heavy atom. The standard InChI is InChI=1S/C33H44N2O4/c1-25(2)9-7-19-33(3)20-18-29-31(39-33)17-15-28(32(29)37-6)30(36)16-12-26-10-13-27(14-11-26)38-24-8-21-34-22-23-35(4)5/h9-18,20,34H,7-8,19,21-24H2,1-6H3/b16-12+. The van der Waals surface area contributed by atoms with Gasteiger partial charge in [0.15, 0.2) is 5.78 Å². The van der Waals surface area contributed by atoms with Crippen molar-refractivity contribution in [3.8, 4) is 17.2 Å². The maximum absolute atomic E-state index is 13.1. The molecule has 6 heteroatoms. The van der Waals surface area contributed by atoms with Gasteiger partial charge in [-0.05, 0) is 109 Å². The molecule has 1 heterocycles. The number of hydrogen-bond donors (Lipinski definition) is 1. The zero-order valence-electron chi connectivity index (χ0n) is 24.4. The second-order valence-corrected chi connectivity index (χ2v) is 10.6. The second kappa shape index (κ2) is 14.7. The first-order valence-corrected chi connectivity index (χ1v) is 13.7. The number of likely N-dealkylation sites (N-methyl/N-ethyl adjacent to an activating group) is 1. The van der Waals surface area contributed by atoms with Gasteiger partial charge >= 0.3 is 0 Å². The van der Waals surface area contributed by atoms with Crippen molar-refractivity contribution in [3.05, 3.63) is 76.9 Å². The van der Waals surface area contributed by atoms with Crippen molar-refractivity contribution in [1.29, 1.82) is 0 Å². The summed E-state index contributed by atoms with van der Waals surface area (Å²) in [6.07, 6.45) is 12.5. The van der Waals surface area contributed by atoms with Gasteiger partial charge in [0.05, 0.1) is 24.8 Å². The van der Waals surface area contributed by atoms with Gasteiger partial charge in [0.1, 0.15) is 22.8 Å². The van der Waals surface area contributed by atoms with Crippen molar-refractivity contribution in [3.63, 3.8) is 0 Å². The third kappa shape index (κ3) is 9.41.